The molecule has 0 aliphatic rings. The molecule has 0 aliphatic carbocycles. The van der Waals surface area contributed by atoms with Crippen molar-refractivity contribution >= 4 is 16.0 Å². The molecule has 6 nitrogen and oxygen atoms in total. The van der Waals surface area contributed by atoms with Crippen LogP contribution in [0.3, 0.4) is 0 Å². The van der Waals surface area contributed by atoms with Crippen LogP contribution in [0.25, 0.3) is 0 Å². The summed E-state index contributed by atoms with van der Waals surface area (Å²) in [6.45, 7) is 0. The van der Waals surface area contributed by atoms with Gasteiger partial charge < -0.3 is 5.11 Å². The second-order valence-electron chi connectivity index (χ2n) is 3.53. The van der Waals surface area contributed by atoms with Crippen LogP contribution in [-0.4, -0.2) is 25.5 Å². The summed E-state index contributed by atoms with van der Waals surface area (Å²) in [4.78, 5) is 10.6. The average Bonchev–Trinajstić information content (AvgIpc) is 2.38. The van der Waals surface area contributed by atoms with E-state index in [-0.39, 0.29) is 16.9 Å². The first-order chi connectivity index (χ1) is 8.92. The summed E-state index contributed by atoms with van der Waals surface area (Å²) in [5, 5.41) is 17.7. The minimum absolute atomic E-state index is 0.0696. The van der Waals surface area contributed by atoms with Gasteiger partial charge in [-0.2, -0.15) is 9.98 Å². The van der Waals surface area contributed by atoms with Crippen molar-refractivity contribution < 1.29 is 18.3 Å². The van der Waals surface area contributed by atoms with Gasteiger partial charge in [0.05, 0.1) is 10.5 Å². The third-order valence-electron chi connectivity index (χ3n) is 2.21. The summed E-state index contributed by atoms with van der Waals surface area (Å²) in [6, 6.07) is 5.79. The molecule has 19 heavy (non-hydrogen) atoms. The van der Waals surface area contributed by atoms with E-state index in [1.807, 2.05) is 4.72 Å². The number of sulfonamides is 1. The smallest absolute Gasteiger partial charge is 0.322 e. The van der Waals surface area contributed by atoms with Crippen LogP contribution in [0.2, 0.25) is 0 Å². The zero-order valence-corrected chi connectivity index (χ0v) is 10.5. The number of aliphatic carboxylic acids is 1. The SMILES string of the molecule is C#CCC(NS(=O)(=O)c1ccccc1C#N)C(=O)O. The van der Waals surface area contributed by atoms with Gasteiger partial charge in [0.25, 0.3) is 0 Å². The third-order valence-corrected chi connectivity index (χ3v) is 3.74. The van der Waals surface area contributed by atoms with Gasteiger partial charge >= 0.3 is 5.97 Å². The molecule has 7 heteroatoms. The number of benzene rings is 1. The molecule has 1 aromatic rings. The lowest BCUT2D eigenvalue weighted by Gasteiger charge is -2.13. The highest BCUT2D eigenvalue weighted by Gasteiger charge is 2.26. The third kappa shape index (κ3) is 3.55. The van der Waals surface area contributed by atoms with Crippen molar-refractivity contribution in [2.24, 2.45) is 0 Å². The van der Waals surface area contributed by atoms with Crippen LogP contribution < -0.4 is 4.72 Å². The monoisotopic (exact) mass is 278 g/mol. The number of nitriles is 1. The van der Waals surface area contributed by atoms with E-state index in [0.717, 1.165) is 0 Å². The molecule has 0 saturated heterocycles. The number of hydrogen-bond acceptors (Lipinski definition) is 4. The summed E-state index contributed by atoms with van der Waals surface area (Å²) in [5.41, 5.74) is -0.0696. The van der Waals surface area contributed by atoms with E-state index in [0.29, 0.717) is 0 Å². The van der Waals surface area contributed by atoms with Gasteiger partial charge in [0, 0.05) is 6.42 Å². The zero-order chi connectivity index (χ0) is 14.5. The Balaban J connectivity index is 3.15. The normalized spacial score (nSPS) is 12.1. The predicted octanol–water partition coefficient (Wildman–Crippen LogP) is 0.313. The van der Waals surface area contributed by atoms with Gasteiger partial charge in [-0.3, -0.25) is 4.79 Å². The Morgan fingerprint density at radius 2 is 2.11 bits per heavy atom. The summed E-state index contributed by atoms with van der Waals surface area (Å²) in [7, 11) is -4.12. The van der Waals surface area contributed by atoms with Gasteiger partial charge in [-0.1, -0.05) is 12.1 Å². The Kier molecular flexibility index (Phi) is 4.65. The van der Waals surface area contributed by atoms with Gasteiger partial charge in [0.2, 0.25) is 10.0 Å². The summed E-state index contributed by atoms with van der Waals surface area (Å²) < 4.78 is 26.0. The second-order valence-corrected chi connectivity index (χ2v) is 5.21. The van der Waals surface area contributed by atoms with Crippen molar-refractivity contribution in [3.8, 4) is 18.4 Å². The van der Waals surface area contributed by atoms with E-state index in [9.17, 15) is 13.2 Å². The lowest BCUT2D eigenvalue weighted by atomic mass is 10.2. The predicted molar refractivity (Wildman–Crippen MR) is 66.4 cm³/mol. The van der Waals surface area contributed by atoms with Gasteiger partial charge in [-0.15, -0.1) is 12.3 Å². The van der Waals surface area contributed by atoms with E-state index in [1.165, 1.54) is 24.3 Å². The molecule has 1 aromatic carbocycles. The number of nitrogens with one attached hydrogen (secondary N) is 1. The molecule has 0 aromatic heterocycles. The zero-order valence-electron chi connectivity index (χ0n) is 9.70. The molecule has 2 N–H and O–H groups in total. The fraction of sp³-hybridized carbons (Fsp3) is 0.167. The van der Waals surface area contributed by atoms with E-state index in [1.54, 1.807) is 6.07 Å². The molecule has 0 heterocycles. The van der Waals surface area contributed by atoms with Gasteiger partial charge in [-0.25, -0.2) is 8.42 Å². The molecular weight excluding hydrogens is 268 g/mol. The maximum Gasteiger partial charge on any atom is 0.322 e. The van der Waals surface area contributed by atoms with Crippen LogP contribution in [0, 0.1) is 23.7 Å². The molecule has 0 spiro atoms. The van der Waals surface area contributed by atoms with Crippen LogP contribution in [-0.2, 0) is 14.8 Å². The number of carboxylic acid groups (broad SMARTS) is 1. The average molecular weight is 278 g/mol. The highest BCUT2D eigenvalue weighted by molar-refractivity contribution is 7.89. The van der Waals surface area contributed by atoms with Crippen molar-refractivity contribution in [2.45, 2.75) is 17.4 Å². The van der Waals surface area contributed by atoms with Crippen LogP contribution in [0.5, 0.6) is 0 Å². The van der Waals surface area contributed by atoms with Crippen molar-refractivity contribution in [2.75, 3.05) is 0 Å². The van der Waals surface area contributed by atoms with Gasteiger partial charge in [0.15, 0.2) is 0 Å². The minimum atomic E-state index is -4.12. The number of carboxylic acids is 1. The highest BCUT2D eigenvalue weighted by Crippen LogP contribution is 2.15. The first-order valence-electron chi connectivity index (χ1n) is 5.10. The lowest BCUT2D eigenvalue weighted by molar-refractivity contribution is -0.138. The van der Waals surface area contributed by atoms with Crippen LogP contribution >= 0.6 is 0 Å². The van der Waals surface area contributed by atoms with Crippen molar-refractivity contribution in [3.05, 3.63) is 29.8 Å². The van der Waals surface area contributed by atoms with E-state index in [4.69, 9.17) is 16.8 Å². The molecular formula is C12H10N2O4S. The maximum atomic E-state index is 12.0. The number of nitrogens with zero attached hydrogens (tertiary/aromatic N) is 1. The Morgan fingerprint density at radius 3 is 2.63 bits per heavy atom. The topological polar surface area (TPSA) is 107 Å². The summed E-state index contributed by atoms with van der Waals surface area (Å²) in [5.74, 6) is 0.700. The Morgan fingerprint density at radius 1 is 1.47 bits per heavy atom. The summed E-state index contributed by atoms with van der Waals surface area (Å²) in [6.07, 6.45) is 4.69. The second kappa shape index (κ2) is 6.01. The minimum Gasteiger partial charge on any atom is -0.480 e. The van der Waals surface area contributed by atoms with Gasteiger partial charge in [0.1, 0.15) is 12.1 Å². The Hall–Kier alpha value is -2.35. The first kappa shape index (κ1) is 14.7. The number of terminal acetylenes is 1. The highest BCUT2D eigenvalue weighted by atomic mass is 32.2. The molecule has 98 valence electrons. The molecule has 0 fully saturated rings. The molecule has 0 bridgehead atoms. The molecule has 1 unspecified atom stereocenters. The quantitative estimate of drug-likeness (QED) is 0.754. The maximum absolute atomic E-state index is 12.0. The van der Waals surface area contributed by atoms with Crippen LogP contribution in [0.4, 0.5) is 0 Å². The first-order valence-corrected chi connectivity index (χ1v) is 6.58. The molecule has 0 radical (unpaired) electrons. The number of rotatable bonds is 5. The standard InChI is InChI=1S/C12H10N2O4S/c1-2-5-10(12(15)16)14-19(17,18)11-7-4-3-6-9(11)8-13/h1,3-4,6-7,10,14H,5H2,(H,15,16). The lowest BCUT2D eigenvalue weighted by Crippen LogP contribution is -2.40. The molecule has 0 saturated carbocycles. The van der Waals surface area contributed by atoms with Gasteiger partial charge in [-0.05, 0) is 12.1 Å². The number of carbonyl (C=O) groups is 1. The summed E-state index contributed by atoms with van der Waals surface area (Å²) >= 11 is 0. The molecule has 1 atom stereocenters. The van der Waals surface area contributed by atoms with E-state index in [2.05, 4.69) is 5.92 Å². The van der Waals surface area contributed by atoms with E-state index < -0.39 is 22.0 Å². The molecule has 0 aliphatic heterocycles. The van der Waals surface area contributed by atoms with Crippen LogP contribution in [0.15, 0.2) is 29.2 Å². The van der Waals surface area contributed by atoms with Crippen molar-refractivity contribution in [1.82, 2.24) is 4.72 Å². The Labute approximate surface area is 110 Å². The largest absolute Gasteiger partial charge is 0.480 e. The Bertz CT molecular complexity index is 668. The molecule has 0 amide bonds. The van der Waals surface area contributed by atoms with Crippen molar-refractivity contribution in [1.29, 1.82) is 5.26 Å². The number of hydrogen-bond donors (Lipinski definition) is 2. The van der Waals surface area contributed by atoms with Crippen LogP contribution in [0.1, 0.15) is 12.0 Å². The fourth-order valence-electron chi connectivity index (χ4n) is 1.34. The molecule has 1 rings (SSSR count). The fourth-order valence-corrected chi connectivity index (χ4v) is 2.69. The van der Waals surface area contributed by atoms with Crippen molar-refractivity contribution in [3.63, 3.8) is 0 Å². The van der Waals surface area contributed by atoms with E-state index >= 15 is 0 Å².